The van der Waals surface area contributed by atoms with E-state index in [1.54, 1.807) is 0 Å². The Bertz CT molecular complexity index is 1100. The third kappa shape index (κ3) is 7.28. The van der Waals surface area contributed by atoms with E-state index in [0.29, 0.717) is 12.1 Å². The summed E-state index contributed by atoms with van der Waals surface area (Å²) in [6.45, 7) is 11.1. The monoisotopic (exact) mass is 507 g/mol. The SMILES string of the molecule is Cc1cc(C)cc(C[N+](C)(C)CCCN(C(=O)c2cccc(Br)c2)c2cc(C)cc(C)c2)c1. The van der Waals surface area contributed by atoms with Gasteiger partial charge in [-0.1, -0.05) is 57.4 Å². The molecule has 174 valence electrons. The number of halogens is 1. The van der Waals surface area contributed by atoms with Crippen molar-refractivity contribution in [1.82, 2.24) is 0 Å². The first-order valence-corrected chi connectivity index (χ1v) is 12.4. The lowest BCUT2D eigenvalue weighted by Crippen LogP contribution is -2.42. The first-order valence-electron chi connectivity index (χ1n) is 11.6. The summed E-state index contributed by atoms with van der Waals surface area (Å²) >= 11 is 3.51. The van der Waals surface area contributed by atoms with Crippen molar-refractivity contribution in [3.05, 3.63) is 98.5 Å². The predicted molar refractivity (Wildman–Crippen MR) is 143 cm³/mol. The van der Waals surface area contributed by atoms with Crippen LogP contribution < -0.4 is 4.90 Å². The predicted octanol–water partition coefficient (Wildman–Crippen LogP) is 7.00. The number of anilines is 1. The van der Waals surface area contributed by atoms with Crippen LogP contribution in [-0.4, -0.2) is 37.6 Å². The van der Waals surface area contributed by atoms with Crippen LogP contribution >= 0.6 is 15.9 Å². The molecular formula is C29H36BrN2O+. The molecule has 3 aromatic rings. The standard InChI is InChI=1S/C29H36BrN2O/c1-21-13-22(2)16-25(15-21)20-32(5,6)12-8-11-31(28-17-23(3)14-24(4)18-28)29(33)26-9-7-10-27(30)19-26/h7,9-10,13-19H,8,11-12,20H2,1-6H3/q+1. The van der Waals surface area contributed by atoms with Crippen molar-refractivity contribution in [3.8, 4) is 0 Å². The van der Waals surface area contributed by atoms with Gasteiger partial charge in [-0.2, -0.15) is 0 Å². The van der Waals surface area contributed by atoms with Crippen molar-refractivity contribution < 1.29 is 9.28 Å². The topological polar surface area (TPSA) is 20.3 Å². The van der Waals surface area contributed by atoms with E-state index in [1.807, 2.05) is 29.2 Å². The summed E-state index contributed by atoms with van der Waals surface area (Å²) in [5.41, 5.74) is 8.00. The van der Waals surface area contributed by atoms with Crippen LogP contribution in [0.2, 0.25) is 0 Å². The van der Waals surface area contributed by atoms with Gasteiger partial charge in [-0.05, 0) is 69.2 Å². The Morgan fingerprint density at radius 3 is 2.00 bits per heavy atom. The lowest BCUT2D eigenvalue weighted by molar-refractivity contribution is -0.903. The van der Waals surface area contributed by atoms with Crippen molar-refractivity contribution >= 4 is 27.5 Å². The Morgan fingerprint density at radius 2 is 1.42 bits per heavy atom. The average molecular weight is 509 g/mol. The number of aryl methyl sites for hydroxylation is 4. The molecule has 0 fully saturated rings. The molecule has 0 aliphatic heterocycles. The summed E-state index contributed by atoms with van der Waals surface area (Å²) in [5.74, 6) is 0.0425. The molecule has 0 aliphatic carbocycles. The number of hydrogen-bond donors (Lipinski definition) is 0. The third-order valence-electron chi connectivity index (χ3n) is 5.87. The van der Waals surface area contributed by atoms with Crippen LogP contribution in [0.3, 0.4) is 0 Å². The third-order valence-corrected chi connectivity index (χ3v) is 6.37. The normalized spacial score (nSPS) is 11.5. The lowest BCUT2D eigenvalue weighted by atomic mass is 10.1. The summed E-state index contributed by atoms with van der Waals surface area (Å²) in [6, 6.07) is 20.8. The minimum Gasteiger partial charge on any atom is -0.325 e. The van der Waals surface area contributed by atoms with Gasteiger partial charge in [0, 0.05) is 34.3 Å². The van der Waals surface area contributed by atoms with Gasteiger partial charge in [-0.15, -0.1) is 0 Å². The molecule has 0 aliphatic rings. The molecule has 0 heterocycles. The van der Waals surface area contributed by atoms with Crippen molar-refractivity contribution in [2.75, 3.05) is 32.1 Å². The number of hydrogen-bond acceptors (Lipinski definition) is 1. The van der Waals surface area contributed by atoms with E-state index in [4.69, 9.17) is 0 Å². The second-order valence-electron chi connectivity index (χ2n) is 9.98. The molecule has 33 heavy (non-hydrogen) atoms. The number of carbonyl (C=O) groups is 1. The molecule has 3 aromatic carbocycles. The van der Waals surface area contributed by atoms with Gasteiger partial charge in [0.25, 0.3) is 5.91 Å². The molecule has 0 bridgehead atoms. The quantitative estimate of drug-likeness (QED) is 0.300. The van der Waals surface area contributed by atoms with Gasteiger partial charge in [0.1, 0.15) is 6.54 Å². The number of carbonyl (C=O) groups excluding carboxylic acids is 1. The van der Waals surface area contributed by atoms with Crippen molar-refractivity contribution in [1.29, 1.82) is 0 Å². The Balaban J connectivity index is 1.77. The van der Waals surface area contributed by atoms with E-state index in [2.05, 4.69) is 94.1 Å². The van der Waals surface area contributed by atoms with Crippen LogP contribution in [0.5, 0.6) is 0 Å². The highest BCUT2D eigenvalue weighted by molar-refractivity contribution is 9.10. The van der Waals surface area contributed by atoms with Gasteiger partial charge in [0.2, 0.25) is 0 Å². The van der Waals surface area contributed by atoms with Gasteiger partial charge in [-0.25, -0.2) is 0 Å². The zero-order chi connectivity index (χ0) is 24.2. The number of rotatable bonds is 8. The Labute approximate surface area is 207 Å². The van der Waals surface area contributed by atoms with Crippen LogP contribution in [0.4, 0.5) is 5.69 Å². The maximum absolute atomic E-state index is 13.5. The molecule has 1 amide bonds. The summed E-state index contributed by atoms with van der Waals surface area (Å²) in [5, 5.41) is 0. The van der Waals surface area contributed by atoms with Crippen LogP contribution in [-0.2, 0) is 6.54 Å². The molecule has 0 saturated carbocycles. The Hall–Kier alpha value is -2.43. The summed E-state index contributed by atoms with van der Waals surface area (Å²) in [4.78, 5) is 15.5. The highest BCUT2D eigenvalue weighted by Gasteiger charge is 2.21. The van der Waals surface area contributed by atoms with Crippen molar-refractivity contribution in [2.24, 2.45) is 0 Å². The molecule has 0 spiro atoms. The maximum atomic E-state index is 13.5. The first-order chi connectivity index (χ1) is 15.5. The molecule has 0 saturated heterocycles. The molecule has 4 heteroatoms. The Kier molecular flexibility index (Phi) is 8.14. The van der Waals surface area contributed by atoms with E-state index in [1.165, 1.54) is 27.8 Å². The average Bonchev–Trinajstić information content (AvgIpc) is 2.69. The zero-order valence-electron chi connectivity index (χ0n) is 20.8. The number of benzene rings is 3. The molecule has 3 rings (SSSR count). The molecule has 0 N–H and O–H groups in total. The van der Waals surface area contributed by atoms with Crippen LogP contribution in [0.1, 0.15) is 44.6 Å². The second-order valence-corrected chi connectivity index (χ2v) is 10.9. The second kappa shape index (κ2) is 10.7. The van der Waals surface area contributed by atoms with E-state index in [9.17, 15) is 4.79 Å². The van der Waals surface area contributed by atoms with E-state index < -0.39 is 0 Å². The smallest absolute Gasteiger partial charge is 0.258 e. The van der Waals surface area contributed by atoms with Gasteiger partial charge in [-0.3, -0.25) is 4.79 Å². The van der Waals surface area contributed by atoms with Gasteiger partial charge in [0.15, 0.2) is 0 Å². The minimum absolute atomic E-state index is 0.0425. The first kappa shape index (κ1) is 25.2. The minimum atomic E-state index is 0.0425. The van der Waals surface area contributed by atoms with Crippen molar-refractivity contribution in [3.63, 3.8) is 0 Å². The fraction of sp³-hybridized carbons (Fsp3) is 0.345. The molecule has 3 nitrogen and oxygen atoms in total. The van der Waals surface area contributed by atoms with Gasteiger partial charge < -0.3 is 9.38 Å². The zero-order valence-corrected chi connectivity index (χ0v) is 22.4. The fourth-order valence-corrected chi connectivity index (χ4v) is 5.02. The fourth-order valence-electron chi connectivity index (χ4n) is 4.62. The van der Waals surface area contributed by atoms with E-state index in [0.717, 1.165) is 34.2 Å². The van der Waals surface area contributed by atoms with Crippen molar-refractivity contribution in [2.45, 2.75) is 40.7 Å². The Morgan fingerprint density at radius 1 is 0.848 bits per heavy atom. The van der Waals surface area contributed by atoms with Crippen LogP contribution in [0, 0.1) is 27.7 Å². The van der Waals surface area contributed by atoms with Gasteiger partial charge in [0.05, 0.1) is 20.6 Å². The number of amides is 1. The van der Waals surface area contributed by atoms with E-state index >= 15 is 0 Å². The number of nitrogens with zero attached hydrogens (tertiary/aromatic N) is 2. The summed E-state index contributed by atoms with van der Waals surface area (Å²) < 4.78 is 1.80. The number of quaternary nitrogens is 1. The highest BCUT2D eigenvalue weighted by atomic mass is 79.9. The van der Waals surface area contributed by atoms with Crippen LogP contribution in [0.25, 0.3) is 0 Å². The molecule has 0 unspecified atom stereocenters. The largest absolute Gasteiger partial charge is 0.325 e. The molecule has 0 radical (unpaired) electrons. The molecule has 0 atom stereocenters. The van der Waals surface area contributed by atoms with E-state index in [-0.39, 0.29) is 5.91 Å². The highest BCUT2D eigenvalue weighted by Crippen LogP contribution is 2.23. The summed E-state index contributed by atoms with van der Waals surface area (Å²) in [7, 11) is 4.55. The molecule has 0 aromatic heterocycles. The maximum Gasteiger partial charge on any atom is 0.258 e. The summed E-state index contributed by atoms with van der Waals surface area (Å²) in [6.07, 6.45) is 0.921. The van der Waals surface area contributed by atoms with Crippen LogP contribution in [0.15, 0.2) is 65.1 Å². The lowest BCUT2D eigenvalue weighted by Gasteiger charge is -2.32. The molecular weight excluding hydrogens is 472 g/mol. The van der Waals surface area contributed by atoms with Gasteiger partial charge >= 0.3 is 0 Å².